The lowest BCUT2D eigenvalue weighted by atomic mass is 10.2. The van der Waals surface area contributed by atoms with Crippen LogP contribution in [0.1, 0.15) is 26.0 Å². The second-order valence-electron chi connectivity index (χ2n) is 4.86. The molecule has 1 heterocycles. The van der Waals surface area contributed by atoms with Crippen molar-refractivity contribution < 1.29 is 0 Å². The Hall–Kier alpha value is -1.39. The number of hydrogen-bond acceptors (Lipinski definition) is 3. The molecule has 0 spiro atoms. The molecule has 0 saturated heterocycles. The van der Waals surface area contributed by atoms with E-state index in [2.05, 4.69) is 40.7 Å². The van der Waals surface area contributed by atoms with Gasteiger partial charge in [-0.05, 0) is 25.6 Å². The van der Waals surface area contributed by atoms with E-state index in [0.717, 1.165) is 31.6 Å². The maximum Gasteiger partial charge on any atom is 0.0924 e. The molecule has 0 bridgehead atoms. The van der Waals surface area contributed by atoms with Gasteiger partial charge in [0.05, 0.1) is 11.2 Å². The summed E-state index contributed by atoms with van der Waals surface area (Å²) in [4.78, 5) is 0. The van der Waals surface area contributed by atoms with Gasteiger partial charge in [-0.25, -0.2) is 0 Å². The molecule has 2 aromatic rings. The Morgan fingerprint density at radius 1 is 1.22 bits per heavy atom. The van der Waals surface area contributed by atoms with E-state index in [-0.39, 0.29) is 0 Å². The minimum Gasteiger partial charge on any atom is -0.314 e. The molecule has 0 aliphatic rings. The number of aromatic nitrogens is 2. The van der Waals surface area contributed by atoms with E-state index in [1.54, 1.807) is 0 Å². The highest BCUT2D eigenvalue weighted by atomic mass is 15.1. The van der Waals surface area contributed by atoms with E-state index in [0.29, 0.717) is 6.04 Å². The summed E-state index contributed by atoms with van der Waals surface area (Å²) in [7, 11) is 0. The van der Waals surface area contributed by atoms with Crippen molar-refractivity contribution in [2.75, 3.05) is 13.1 Å². The number of nitrogens with one attached hydrogen (secondary N) is 3. The number of nitrogens with zero attached hydrogens (tertiary/aromatic N) is 1. The number of aromatic amines is 1. The largest absolute Gasteiger partial charge is 0.314 e. The summed E-state index contributed by atoms with van der Waals surface area (Å²) in [5, 5.41) is 15.4. The van der Waals surface area contributed by atoms with Crippen LogP contribution >= 0.6 is 0 Å². The van der Waals surface area contributed by atoms with Crippen LogP contribution < -0.4 is 10.6 Å². The fourth-order valence-corrected chi connectivity index (χ4v) is 1.97. The molecule has 0 atom stereocenters. The zero-order valence-corrected chi connectivity index (χ0v) is 11.2. The average molecular weight is 246 g/mol. The lowest BCUT2D eigenvalue weighted by Gasteiger charge is -2.08. The Bertz CT molecular complexity index is 475. The maximum atomic E-state index is 4.28. The lowest BCUT2D eigenvalue weighted by molar-refractivity contribution is 0.546. The van der Waals surface area contributed by atoms with Crippen molar-refractivity contribution in [1.29, 1.82) is 0 Å². The van der Waals surface area contributed by atoms with E-state index in [9.17, 15) is 0 Å². The summed E-state index contributed by atoms with van der Waals surface area (Å²) in [5.74, 6) is 0. The fourth-order valence-electron chi connectivity index (χ4n) is 1.97. The zero-order chi connectivity index (χ0) is 12.8. The number of fused-ring (bicyclic) bond motifs is 1. The van der Waals surface area contributed by atoms with Gasteiger partial charge in [0.2, 0.25) is 0 Å². The van der Waals surface area contributed by atoms with Crippen LogP contribution in [0.15, 0.2) is 24.3 Å². The summed E-state index contributed by atoms with van der Waals surface area (Å²) in [5.41, 5.74) is 2.21. The third-order valence-corrected chi connectivity index (χ3v) is 2.93. The van der Waals surface area contributed by atoms with Gasteiger partial charge in [-0.1, -0.05) is 32.0 Å². The Morgan fingerprint density at radius 3 is 2.89 bits per heavy atom. The van der Waals surface area contributed by atoms with Crippen LogP contribution in [0.2, 0.25) is 0 Å². The minimum absolute atomic E-state index is 0.571. The second kappa shape index (κ2) is 6.52. The minimum atomic E-state index is 0.571. The van der Waals surface area contributed by atoms with Crippen molar-refractivity contribution in [1.82, 2.24) is 20.8 Å². The SMILES string of the molecule is CC(C)NCCCNCc1[nH]nc2ccccc12. The average Bonchev–Trinajstić information content (AvgIpc) is 2.77. The number of H-pyrrole nitrogens is 1. The van der Waals surface area contributed by atoms with Crippen molar-refractivity contribution in [2.45, 2.75) is 32.9 Å². The van der Waals surface area contributed by atoms with Gasteiger partial charge in [-0.2, -0.15) is 5.10 Å². The molecule has 0 fully saturated rings. The van der Waals surface area contributed by atoms with E-state index >= 15 is 0 Å². The molecule has 0 radical (unpaired) electrons. The molecule has 18 heavy (non-hydrogen) atoms. The van der Waals surface area contributed by atoms with E-state index in [1.165, 1.54) is 11.1 Å². The fraction of sp³-hybridized carbons (Fsp3) is 0.500. The molecular weight excluding hydrogens is 224 g/mol. The first-order chi connectivity index (χ1) is 8.77. The number of hydrogen-bond donors (Lipinski definition) is 3. The molecule has 1 aromatic carbocycles. The van der Waals surface area contributed by atoms with E-state index in [4.69, 9.17) is 0 Å². The standard InChI is InChI=1S/C14H22N4/c1-11(2)16-9-5-8-15-10-14-12-6-3-4-7-13(12)17-18-14/h3-4,6-7,11,15-16H,5,8-10H2,1-2H3,(H,17,18). The monoisotopic (exact) mass is 246 g/mol. The maximum absolute atomic E-state index is 4.28. The highest BCUT2D eigenvalue weighted by Gasteiger charge is 2.02. The van der Waals surface area contributed by atoms with Gasteiger partial charge in [-0.3, -0.25) is 5.10 Å². The van der Waals surface area contributed by atoms with Crippen LogP contribution in [0, 0.1) is 0 Å². The Kier molecular flexibility index (Phi) is 4.73. The molecule has 98 valence electrons. The van der Waals surface area contributed by atoms with Gasteiger partial charge in [0.15, 0.2) is 0 Å². The molecule has 0 amide bonds. The molecule has 0 aliphatic carbocycles. The third kappa shape index (κ3) is 3.55. The lowest BCUT2D eigenvalue weighted by Crippen LogP contribution is -2.26. The van der Waals surface area contributed by atoms with Gasteiger partial charge >= 0.3 is 0 Å². The zero-order valence-electron chi connectivity index (χ0n) is 11.2. The van der Waals surface area contributed by atoms with Crippen molar-refractivity contribution in [3.05, 3.63) is 30.0 Å². The molecule has 1 aromatic heterocycles. The van der Waals surface area contributed by atoms with Crippen molar-refractivity contribution in [3.63, 3.8) is 0 Å². The normalized spacial score (nSPS) is 11.5. The number of para-hydroxylation sites is 1. The molecule has 0 unspecified atom stereocenters. The predicted molar refractivity (Wildman–Crippen MR) is 75.6 cm³/mol. The second-order valence-corrected chi connectivity index (χ2v) is 4.86. The summed E-state index contributed by atoms with van der Waals surface area (Å²) in [6.45, 7) is 7.28. The molecular formula is C14H22N4. The van der Waals surface area contributed by atoms with Crippen molar-refractivity contribution >= 4 is 10.9 Å². The van der Waals surface area contributed by atoms with Crippen LogP contribution in [-0.4, -0.2) is 29.3 Å². The summed E-state index contributed by atoms with van der Waals surface area (Å²) < 4.78 is 0. The van der Waals surface area contributed by atoms with Gasteiger partial charge in [0.1, 0.15) is 0 Å². The highest BCUT2D eigenvalue weighted by molar-refractivity contribution is 5.80. The summed E-state index contributed by atoms with van der Waals surface area (Å²) >= 11 is 0. The van der Waals surface area contributed by atoms with Crippen LogP contribution in [0.5, 0.6) is 0 Å². The molecule has 2 rings (SSSR count). The topological polar surface area (TPSA) is 52.7 Å². The Morgan fingerprint density at radius 2 is 2.06 bits per heavy atom. The van der Waals surface area contributed by atoms with E-state index < -0.39 is 0 Å². The van der Waals surface area contributed by atoms with Gasteiger partial charge in [0, 0.05) is 18.0 Å². The first kappa shape index (κ1) is 13.1. The Labute approximate surface area is 108 Å². The summed E-state index contributed by atoms with van der Waals surface area (Å²) in [6, 6.07) is 8.77. The van der Waals surface area contributed by atoms with Crippen LogP contribution in [0.25, 0.3) is 10.9 Å². The molecule has 0 saturated carbocycles. The first-order valence-electron chi connectivity index (χ1n) is 6.63. The quantitative estimate of drug-likeness (QED) is 0.655. The number of rotatable bonds is 7. The molecule has 4 heteroatoms. The van der Waals surface area contributed by atoms with Gasteiger partial charge in [-0.15, -0.1) is 0 Å². The first-order valence-corrected chi connectivity index (χ1v) is 6.63. The summed E-state index contributed by atoms with van der Waals surface area (Å²) in [6.07, 6.45) is 1.14. The smallest absolute Gasteiger partial charge is 0.0924 e. The van der Waals surface area contributed by atoms with E-state index in [1.807, 2.05) is 18.2 Å². The van der Waals surface area contributed by atoms with Crippen molar-refractivity contribution in [2.24, 2.45) is 0 Å². The Balaban J connectivity index is 1.74. The predicted octanol–water partition coefficient (Wildman–Crippen LogP) is 2.04. The van der Waals surface area contributed by atoms with Crippen LogP contribution in [-0.2, 0) is 6.54 Å². The third-order valence-electron chi connectivity index (χ3n) is 2.93. The highest BCUT2D eigenvalue weighted by Crippen LogP contribution is 2.14. The van der Waals surface area contributed by atoms with Crippen LogP contribution in [0.3, 0.4) is 0 Å². The van der Waals surface area contributed by atoms with Crippen LogP contribution in [0.4, 0.5) is 0 Å². The molecule has 3 N–H and O–H groups in total. The van der Waals surface area contributed by atoms with Crippen molar-refractivity contribution in [3.8, 4) is 0 Å². The molecule has 4 nitrogen and oxygen atoms in total. The number of benzene rings is 1. The molecule has 0 aliphatic heterocycles. The van der Waals surface area contributed by atoms with Gasteiger partial charge < -0.3 is 10.6 Å². The van der Waals surface area contributed by atoms with Gasteiger partial charge in [0.25, 0.3) is 0 Å².